The minimum absolute atomic E-state index is 0.0316. The largest absolute Gasteiger partial charge is 0.509 e. The lowest BCUT2D eigenvalue weighted by Crippen LogP contribution is -2.14. The van der Waals surface area contributed by atoms with Crippen LogP contribution in [0.15, 0.2) is 48.8 Å². The van der Waals surface area contributed by atoms with E-state index in [9.17, 15) is 10.2 Å². The third kappa shape index (κ3) is 3.79. The molecular weight excluding hydrogens is 330 g/mol. The highest BCUT2D eigenvalue weighted by molar-refractivity contribution is 7.99. The van der Waals surface area contributed by atoms with Gasteiger partial charge in [0, 0.05) is 28.3 Å². The maximum atomic E-state index is 10.0. The highest BCUT2D eigenvalue weighted by Crippen LogP contribution is 2.44. The molecule has 1 heterocycles. The molecule has 0 aliphatic carbocycles. The fourth-order valence-electron chi connectivity index (χ4n) is 3.13. The van der Waals surface area contributed by atoms with Gasteiger partial charge in [-0.05, 0) is 62.4 Å². The summed E-state index contributed by atoms with van der Waals surface area (Å²) >= 11 is 1.78. The van der Waals surface area contributed by atoms with E-state index in [0.29, 0.717) is 0 Å². The lowest BCUT2D eigenvalue weighted by molar-refractivity contribution is 0.435. The molecule has 0 fully saturated rings. The number of phenolic OH excluding ortho intramolecular Hbond substituents is 1. The predicted octanol–water partition coefficient (Wildman–Crippen LogP) is 5.90. The van der Waals surface area contributed by atoms with Crippen LogP contribution in [0.4, 0.5) is 0 Å². The van der Waals surface area contributed by atoms with E-state index in [2.05, 4.69) is 44.2 Å². The number of aliphatic hydroxyl groups is 1. The van der Waals surface area contributed by atoms with Crippen LogP contribution in [0.1, 0.15) is 38.4 Å². The summed E-state index contributed by atoms with van der Waals surface area (Å²) in [6, 6.07) is 5.51. The van der Waals surface area contributed by atoms with Gasteiger partial charge in [0.1, 0.15) is 11.5 Å². The monoisotopic (exact) mass is 357 g/mol. The van der Waals surface area contributed by atoms with Crippen molar-refractivity contribution in [2.45, 2.75) is 31.9 Å². The molecule has 3 nitrogen and oxygen atoms in total. The molecule has 0 atom stereocenters. The molecule has 25 heavy (non-hydrogen) atoms. The number of thioether (sulfide) groups is 1. The Balaban J connectivity index is 2.90. The van der Waals surface area contributed by atoms with Crippen LogP contribution in [0.3, 0.4) is 0 Å². The van der Waals surface area contributed by atoms with Gasteiger partial charge in [-0.3, -0.25) is 0 Å². The van der Waals surface area contributed by atoms with Gasteiger partial charge in [0.2, 0.25) is 0 Å². The second kappa shape index (κ2) is 7.44. The summed E-state index contributed by atoms with van der Waals surface area (Å²) in [6.07, 6.45) is 8.64. The summed E-state index contributed by atoms with van der Waals surface area (Å²) in [5.41, 5.74) is 4.39. The Bertz CT molecular complexity index is 856. The average Bonchev–Trinajstić information content (AvgIpc) is 2.84. The van der Waals surface area contributed by atoms with Gasteiger partial charge in [-0.25, -0.2) is 0 Å². The van der Waals surface area contributed by atoms with Gasteiger partial charge in [0.25, 0.3) is 0 Å². The van der Waals surface area contributed by atoms with Crippen molar-refractivity contribution in [2.24, 2.45) is 7.05 Å². The van der Waals surface area contributed by atoms with Gasteiger partial charge < -0.3 is 14.8 Å². The number of fused-ring (bicyclic) bond motifs is 1. The van der Waals surface area contributed by atoms with Crippen molar-refractivity contribution in [1.29, 1.82) is 0 Å². The molecule has 0 radical (unpaired) electrons. The molecule has 0 spiro atoms. The molecule has 2 rings (SSSR count). The maximum absolute atomic E-state index is 10.0. The van der Waals surface area contributed by atoms with E-state index in [0.717, 1.165) is 28.6 Å². The zero-order valence-corrected chi connectivity index (χ0v) is 16.4. The Morgan fingerprint density at radius 3 is 2.56 bits per heavy atom. The SMILES string of the molecule is C=C(O)/C=C\C(=C/CC)c1c(C(C)(C)SC)c2cc(O)ccc2n1C. The first-order valence-corrected chi connectivity index (χ1v) is 9.59. The van der Waals surface area contributed by atoms with Gasteiger partial charge in [0.05, 0.1) is 5.69 Å². The summed E-state index contributed by atoms with van der Waals surface area (Å²) in [6.45, 7) is 10.0. The van der Waals surface area contributed by atoms with Crippen molar-refractivity contribution in [1.82, 2.24) is 4.57 Å². The number of hydrogen-bond donors (Lipinski definition) is 2. The van der Waals surface area contributed by atoms with Gasteiger partial charge in [-0.15, -0.1) is 0 Å². The van der Waals surface area contributed by atoms with Crippen molar-refractivity contribution in [2.75, 3.05) is 6.26 Å². The fraction of sp³-hybridized carbons (Fsp3) is 0.333. The number of hydrogen-bond acceptors (Lipinski definition) is 3. The number of benzene rings is 1. The number of rotatable bonds is 6. The molecule has 0 bridgehead atoms. The van der Waals surface area contributed by atoms with E-state index in [1.165, 1.54) is 5.56 Å². The Morgan fingerprint density at radius 1 is 1.32 bits per heavy atom. The number of aromatic hydroxyl groups is 1. The summed E-state index contributed by atoms with van der Waals surface area (Å²) in [5.74, 6) is 0.298. The van der Waals surface area contributed by atoms with Crippen LogP contribution in [-0.4, -0.2) is 21.0 Å². The van der Waals surface area contributed by atoms with E-state index in [1.807, 2.05) is 25.3 Å². The first-order chi connectivity index (χ1) is 11.7. The topological polar surface area (TPSA) is 45.4 Å². The number of allylic oxidation sites excluding steroid dienone is 4. The highest BCUT2D eigenvalue weighted by Gasteiger charge is 2.29. The van der Waals surface area contributed by atoms with Crippen LogP contribution in [0.2, 0.25) is 0 Å². The summed E-state index contributed by atoms with van der Waals surface area (Å²) in [4.78, 5) is 0. The van der Waals surface area contributed by atoms with Crippen LogP contribution >= 0.6 is 11.8 Å². The first-order valence-electron chi connectivity index (χ1n) is 8.36. The van der Waals surface area contributed by atoms with Gasteiger partial charge >= 0.3 is 0 Å². The average molecular weight is 358 g/mol. The molecule has 1 aromatic heterocycles. The molecule has 4 heteroatoms. The Kier molecular flexibility index (Phi) is 5.73. The Morgan fingerprint density at radius 2 is 2.00 bits per heavy atom. The minimum atomic E-state index is -0.139. The summed E-state index contributed by atoms with van der Waals surface area (Å²) in [7, 11) is 2.04. The summed E-state index contributed by atoms with van der Waals surface area (Å²) < 4.78 is 2.02. The smallest absolute Gasteiger partial charge is 0.116 e. The molecule has 0 unspecified atom stereocenters. The molecule has 2 aromatic rings. The molecule has 0 aliphatic rings. The van der Waals surface area contributed by atoms with Crippen LogP contribution in [0.25, 0.3) is 16.5 Å². The van der Waals surface area contributed by atoms with Crippen LogP contribution in [0.5, 0.6) is 5.75 Å². The molecule has 0 saturated carbocycles. The second-order valence-corrected chi connectivity index (χ2v) is 8.02. The number of aromatic nitrogens is 1. The molecule has 134 valence electrons. The van der Waals surface area contributed by atoms with Crippen LogP contribution < -0.4 is 0 Å². The second-order valence-electron chi connectivity index (χ2n) is 6.59. The zero-order valence-electron chi connectivity index (χ0n) is 15.6. The van der Waals surface area contributed by atoms with Crippen LogP contribution in [-0.2, 0) is 11.8 Å². The van der Waals surface area contributed by atoms with Gasteiger partial charge in [-0.1, -0.05) is 19.6 Å². The van der Waals surface area contributed by atoms with E-state index < -0.39 is 0 Å². The third-order valence-electron chi connectivity index (χ3n) is 4.45. The fourth-order valence-corrected chi connectivity index (χ4v) is 3.54. The number of aryl methyl sites for hydroxylation is 1. The van der Waals surface area contributed by atoms with Crippen molar-refractivity contribution < 1.29 is 10.2 Å². The lowest BCUT2D eigenvalue weighted by atomic mass is 9.94. The molecular formula is C21H27NO2S. The number of phenols is 1. The van der Waals surface area contributed by atoms with Crippen molar-refractivity contribution in [3.05, 3.63) is 60.0 Å². The van der Waals surface area contributed by atoms with Crippen molar-refractivity contribution in [3.63, 3.8) is 0 Å². The Hall–Kier alpha value is -2.07. The van der Waals surface area contributed by atoms with Crippen LogP contribution in [0, 0.1) is 0 Å². The van der Waals surface area contributed by atoms with E-state index in [4.69, 9.17) is 0 Å². The maximum Gasteiger partial charge on any atom is 0.116 e. The predicted molar refractivity (Wildman–Crippen MR) is 110 cm³/mol. The highest BCUT2D eigenvalue weighted by atomic mass is 32.2. The zero-order chi connectivity index (χ0) is 18.8. The molecule has 0 saturated heterocycles. The van der Waals surface area contributed by atoms with E-state index >= 15 is 0 Å². The third-order valence-corrected chi connectivity index (χ3v) is 5.67. The minimum Gasteiger partial charge on any atom is -0.509 e. The normalized spacial score (nSPS) is 13.1. The molecule has 0 aliphatic heterocycles. The van der Waals surface area contributed by atoms with Gasteiger partial charge in [-0.2, -0.15) is 11.8 Å². The first kappa shape index (κ1) is 19.3. The number of nitrogens with zero attached hydrogens (tertiary/aromatic N) is 1. The van der Waals surface area contributed by atoms with E-state index in [-0.39, 0.29) is 16.3 Å². The van der Waals surface area contributed by atoms with Crippen molar-refractivity contribution in [3.8, 4) is 5.75 Å². The standard InChI is InChI=1S/C21H27NO2S/c1-7-8-15(10-9-14(2)23)20-19(21(3,4)25-6)17-13-16(24)11-12-18(17)22(20)5/h8-13,23-24H,2,7H2,1,3-6H3/b10-9-,15-8+. The van der Waals surface area contributed by atoms with E-state index in [1.54, 1.807) is 23.9 Å². The molecule has 0 amide bonds. The molecule has 2 N–H and O–H groups in total. The lowest BCUT2D eigenvalue weighted by Gasteiger charge is -2.25. The van der Waals surface area contributed by atoms with Gasteiger partial charge in [0.15, 0.2) is 0 Å². The summed E-state index contributed by atoms with van der Waals surface area (Å²) in [5, 5.41) is 20.6. The quantitative estimate of drug-likeness (QED) is 0.499. The Labute approximate surface area is 154 Å². The number of aliphatic hydroxyl groups excluding tert-OH is 1. The van der Waals surface area contributed by atoms with Crippen molar-refractivity contribution >= 4 is 28.2 Å². The molecule has 1 aromatic carbocycles.